The summed E-state index contributed by atoms with van der Waals surface area (Å²) >= 11 is 0. The highest BCUT2D eigenvalue weighted by Crippen LogP contribution is 2.35. The number of benzene rings is 2. The Balaban J connectivity index is 1.60. The van der Waals surface area contributed by atoms with Crippen LogP contribution in [0.15, 0.2) is 48.5 Å². The Morgan fingerprint density at radius 1 is 1.09 bits per heavy atom. The second-order valence-electron chi connectivity index (χ2n) is 9.60. The maximum atomic E-state index is 13.9. The number of hydrogen-bond donors (Lipinski definition) is 1. The van der Waals surface area contributed by atoms with E-state index >= 15 is 0 Å². The van der Waals surface area contributed by atoms with Gasteiger partial charge in [-0.05, 0) is 56.9 Å². The summed E-state index contributed by atoms with van der Waals surface area (Å²) in [7, 11) is 0. The molecule has 3 aromatic rings. The molecule has 6 nitrogen and oxygen atoms in total. The normalized spacial score (nSPS) is 25.6. The lowest BCUT2D eigenvalue weighted by Crippen LogP contribution is -2.66. The lowest BCUT2D eigenvalue weighted by molar-refractivity contribution is -0.127. The van der Waals surface area contributed by atoms with Gasteiger partial charge in [0.2, 0.25) is 11.7 Å². The molecule has 5 rings (SSSR count). The molecule has 0 unspecified atom stereocenters. The van der Waals surface area contributed by atoms with E-state index in [0.717, 1.165) is 35.9 Å². The van der Waals surface area contributed by atoms with Gasteiger partial charge >= 0.3 is 0 Å². The van der Waals surface area contributed by atoms with Crippen LogP contribution in [0.4, 0.5) is 5.69 Å². The molecule has 166 valence electrons. The lowest BCUT2D eigenvalue weighted by Gasteiger charge is -2.44. The average molecular weight is 431 g/mol. The van der Waals surface area contributed by atoms with E-state index in [0.29, 0.717) is 24.0 Å². The maximum Gasteiger partial charge on any atom is 0.295 e. The molecule has 1 aliphatic carbocycles. The summed E-state index contributed by atoms with van der Waals surface area (Å²) < 4.78 is 1.91. The fourth-order valence-electron chi connectivity index (χ4n) is 5.23. The Morgan fingerprint density at radius 3 is 2.56 bits per heavy atom. The third-order valence-electron chi connectivity index (χ3n) is 7.22. The highest BCUT2D eigenvalue weighted by atomic mass is 16.2. The van der Waals surface area contributed by atoms with Crippen LogP contribution in [0.2, 0.25) is 0 Å². The average Bonchev–Trinajstić information content (AvgIpc) is 3.15. The number of amides is 2. The van der Waals surface area contributed by atoms with E-state index in [4.69, 9.17) is 0 Å². The van der Waals surface area contributed by atoms with Crippen molar-refractivity contribution in [2.75, 3.05) is 4.90 Å². The van der Waals surface area contributed by atoms with Crippen molar-refractivity contribution >= 4 is 28.5 Å². The fourth-order valence-corrected chi connectivity index (χ4v) is 5.23. The topological polar surface area (TPSA) is 67.2 Å². The van der Waals surface area contributed by atoms with E-state index in [-0.39, 0.29) is 17.9 Å². The Hall–Kier alpha value is -3.15. The second kappa shape index (κ2) is 7.76. The van der Waals surface area contributed by atoms with Gasteiger partial charge in [-0.25, -0.2) is 4.98 Å². The Labute approximate surface area is 188 Å². The second-order valence-corrected chi connectivity index (χ2v) is 9.60. The van der Waals surface area contributed by atoms with Crippen LogP contribution >= 0.6 is 0 Å². The number of hydrogen-bond acceptors (Lipinski definition) is 3. The van der Waals surface area contributed by atoms with Crippen molar-refractivity contribution < 1.29 is 9.59 Å². The summed E-state index contributed by atoms with van der Waals surface area (Å²) in [6.07, 6.45) is 4.45. The van der Waals surface area contributed by atoms with Gasteiger partial charge in [0.25, 0.3) is 5.91 Å². The summed E-state index contributed by atoms with van der Waals surface area (Å²) in [5.74, 6) is 0.468. The number of nitrogens with one attached hydrogen (secondary N) is 1. The molecular weight excluding hydrogens is 400 g/mol. The zero-order valence-corrected chi connectivity index (χ0v) is 19.0. The first-order valence-corrected chi connectivity index (χ1v) is 11.6. The van der Waals surface area contributed by atoms with Crippen molar-refractivity contribution in [3.8, 4) is 0 Å². The molecule has 2 aliphatic rings. The van der Waals surface area contributed by atoms with E-state index in [1.807, 2.05) is 66.9 Å². The minimum absolute atomic E-state index is 0.103. The molecule has 1 fully saturated rings. The van der Waals surface area contributed by atoms with E-state index in [2.05, 4.69) is 17.2 Å². The van der Waals surface area contributed by atoms with Gasteiger partial charge in [0, 0.05) is 11.7 Å². The molecule has 3 atom stereocenters. The number of aryl methyl sites for hydroxylation is 1. The van der Waals surface area contributed by atoms with Crippen molar-refractivity contribution in [2.45, 2.75) is 64.6 Å². The number of carbonyl (C=O) groups excluding carboxylic acids is 2. The molecule has 6 heteroatoms. The van der Waals surface area contributed by atoms with Gasteiger partial charge in [0.1, 0.15) is 5.54 Å². The molecule has 0 saturated heterocycles. The Morgan fingerprint density at radius 2 is 1.81 bits per heavy atom. The van der Waals surface area contributed by atoms with E-state index in [1.165, 1.54) is 6.42 Å². The molecule has 1 aromatic heterocycles. The standard InChI is InChI=1S/C26H30N4O2/c1-17-12-14-19(15-13-17)30-24(31)23-27-21-10-6-7-11-22(21)29(23)16-26(30,3)25(32)28-20-9-5-4-8-18(20)2/h6-7,10-15,18,20H,4-5,8-9,16H2,1-3H3,(H,28,32)/t18-,20-,26+/m0/s1. The molecule has 0 radical (unpaired) electrons. The van der Waals surface area contributed by atoms with Gasteiger partial charge in [-0.2, -0.15) is 0 Å². The van der Waals surface area contributed by atoms with Gasteiger partial charge in [-0.3, -0.25) is 14.5 Å². The number of rotatable bonds is 3. The number of fused-ring (bicyclic) bond motifs is 3. The molecule has 1 N–H and O–H groups in total. The van der Waals surface area contributed by atoms with Crippen molar-refractivity contribution in [1.29, 1.82) is 0 Å². The summed E-state index contributed by atoms with van der Waals surface area (Å²) in [4.78, 5) is 33.9. The summed E-state index contributed by atoms with van der Waals surface area (Å²) in [5, 5.41) is 3.32. The van der Waals surface area contributed by atoms with Crippen molar-refractivity contribution in [2.24, 2.45) is 5.92 Å². The van der Waals surface area contributed by atoms with Crippen LogP contribution in [0, 0.1) is 12.8 Å². The van der Waals surface area contributed by atoms with Crippen LogP contribution in [-0.2, 0) is 11.3 Å². The van der Waals surface area contributed by atoms with Crippen LogP contribution < -0.4 is 10.2 Å². The predicted molar refractivity (Wildman–Crippen MR) is 126 cm³/mol. The summed E-state index contributed by atoms with van der Waals surface area (Å²) in [6.45, 7) is 6.45. The van der Waals surface area contributed by atoms with Crippen LogP contribution in [-0.4, -0.2) is 32.9 Å². The zero-order chi connectivity index (χ0) is 22.5. The molecule has 32 heavy (non-hydrogen) atoms. The first-order chi connectivity index (χ1) is 15.4. The van der Waals surface area contributed by atoms with Gasteiger partial charge in [0.05, 0.1) is 17.6 Å². The van der Waals surface area contributed by atoms with Crippen LogP contribution in [0.1, 0.15) is 55.7 Å². The number of aromatic nitrogens is 2. The molecule has 1 aliphatic heterocycles. The smallest absolute Gasteiger partial charge is 0.295 e. The summed E-state index contributed by atoms with van der Waals surface area (Å²) in [6, 6.07) is 15.6. The summed E-state index contributed by atoms with van der Waals surface area (Å²) in [5.41, 5.74) is 2.40. The Bertz CT molecular complexity index is 1180. The maximum absolute atomic E-state index is 13.9. The minimum atomic E-state index is -1.07. The van der Waals surface area contributed by atoms with Crippen LogP contribution in [0.3, 0.4) is 0 Å². The quantitative estimate of drug-likeness (QED) is 0.667. The predicted octanol–water partition coefficient (Wildman–Crippen LogP) is 4.46. The molecule has 0 bridgehead atoms. The molecule has 0 spiro atoms. The highest BCUT2D eigenvalue weighted by molar-refractivity contribution is 6.12. The van der Waals surface area contributed by atoms with E-state index in [9.17, 15) is 9.59 Å². The SMILES string of the molecule is Cc1ccc(N2C(=O)c3nc4ccccc4n3C[C@]2(C)C(=O)N[C@H]2CCCC[C@@H]2C)cc1. The first-order valence-electron chi connectivity index (χ1n) is 11.6. The number of nitrogens with zero attached hydrogens (tertiary/aromatic N) is 3. The third kappa shape index (κ3) is 3.29. The van der Waals surface area contributed by atoms with Gasteiger partial charge in [0.15, 0.2) is 0 Å². The number of anilines is 1. The van der Waals surface area contributed by atoms with Gasteiger partial charge in [-0.1, -0.05) is 49.6 Å². The van der Waals surface area contributed by atoms with Crippen molar-refractivity contribution in [3.63, 3.8) is 0 Å². The number of carbonyl (C=O) groups is 2. The van der Waals surface area contributed by atoms with Gasteiger partial charge < -0.3 is 9.88 Å². The molecule has 2 amide bonds. The monoisotopic (exact) mass is 430 g/mol. The number of para-hydroxylation sites is 2. The lowest BCUT2D eigenvalue weighted by atomic mass is 9.85. The van der Waals surface area contributed by atoms with Crippen molar-refractivity contribution in [1.82, 2.24) is 14.9 Å². The zero-order valence-electron chi connectivity index (χ0n) is 19.0. The Kier molecular flexibility index (Phi) is 5.03. The molecule has 2 heterocycles. The van der Waals surface area contributed by atoms with Gasteiger partial charge in [-0.15, -0.1) is 0 Å². The molecule has 1 saturated carbocycles. The molecular formula is C26H30N4O2. The van der Waals surface area contributed by atoms with E-state index < -0.39 is 5.54 Å². The third-order valence-corrected chi connectivity index (χ3v) is 7.22. The highest BCUT2D eigenvalue weighted by Gasteiger charge is 2.50. The minimum Gasteiger partial charge on any atom is -0.351 e. The van der Waals surface area contributed by atoms with Crippen LogP contribution in [0.25, 0.3) is 11.0 Å². The largest absolute Gasteiger partial charge is 0.351 e. The number of imidazole rings is 1. The van der Waals surface area contributed by atoms with E-state index in [1.54, 1.807) is 4.90 Å². The van der Waals surface area contributed by atoms with Crippen LogP contribution in [0.5, 0.6) is 0 Å². The first kappa shape index (κ1) is 20.7. The molecule has 2 aromatic carbocycles. The van der Waals surface area contributed by atoms with Crippen molar-refractivity contribution in [3.05, 3.63) is 59.9 Å². The fraction of sp³-hybridized carbons (Fsp3) is 0.423.